The van der Waals surface area contributed by atoms with Crippen molar-refractivity contribution < 1.29 is 0 Å². The van der Waals surface area contributed by atoms with E-state index in [-0.39, 0.29) is 0 Å². The highest BCUT2D eigenvalue weighted by Gasteiger charge is 2.09. The van der Waals surface area contributed by atoms with E-state index in [1.807, 2.05) is 28.8 Å². The molecule has 0 saturated heterocycles. The number of rotatable bonds is 4. The molecule has 0 atom stereocenters. The minimum absolute atomic E-state index is 0.446. The highest BCUT2D eigenvalue weighted by molar-refractivity contribution is 7.13. The molecule has 0 aliphatic heterocycles. The topological polar surface area (TPSA) is 55.6 Å². The van der Waals surface area contributed by atoms with Crippen LogP contribution in [0.2, 0.25) is 0 Å². The summed E-state index contributed by atoms with van der Waals surface area (Å²) < 4.78 is 1.98. The van der Waals surface area contributed by atoms with E-state index in [0.717, 1.165) is 27.7 Å². The third-order valence-corrected chi connectivity index (χ3v) is 3.70. The summed E-state index contributed by atoms with van der Waals surface area (Å²) in [7, 11) is 0. The summed E-state index contributed by atoms with van der Waals surface area (Å²) >= 11 is 1.59. The monoisotopic (exact) mass is 273 g/mol. The molecule has 3 rings (SSSR count). The average Bonchev–Trinajstić information content (AvgIpc) is 3.02. The second-order valence-electron chi connectivity index (χ2n) is 4.62. The van der Waals surface area contributed by atoms with Crippen molar-refractivity contribution in [1.29, 1.82) is 0 Å². The molecular weight excluding hydrogens is 258 g/mol. The standard InChI is InChI=1S/C13H15N5S/c1-9(2)14-7-12-16-17-13(19-12)18-8-15-10-5-3-4-6-11(10)18/h3-6,8-9,14H,7H2,1-2H3. The van der Waals surface area contributed by atoms with E-state index in [1.54, 1.807) is 17.7 Å². The van der Waals surface area contributed by atoms with Gasteiger partial charge in [-0.3, -0.25) is 4.57 Å². The van der Waals surface area contributed by atoms with Crippen LogP contribution in [0.4, 0.5) is 0 Å². The minimum atomic E-state index is 0.446. The van der Waals surface area contributed by atoms with Gasteiger partial charge < -0.3 is 5.32 Å². The Morgan fingerprint density at radius 3 is 2.95 bits per heavy atom. The molecule has 2 heterocycles. The number of nitrogens with zero attached hydrogens (tertiary/aromatic N) is 4. The van der Waals surface area contributed by atoms with Crippen LogP contribution in [0.15, 0.2) is 30.6 Å². The molecule has 0 amide bonds. The van der Waals surface area contributed by atoms with Crippen molar-refractivity contribution in [1.82, 2.24) is 25.1 Å². The van der Waals surface area contributed by atoms with E-state index >= 15 is 0 Å². The molecule has 0 radical (unpaired) electrons. The van der Waals surface area contributed by atoms with Gasteiger partial charge in [-0.05, 0) is 12.1 Å². The first-order valence-corrected chi connectivity index (χ1v) is 7.04. The van der Waals surface area contributed by atoms with Crippen LogP contribution in [-0.2, 0) is 6.54 Å². The molecule has 6 heteroatoms. The summed E-state index contributed by atoms with van der Waals surface area (Å²) in [5.41, 5.74) is 2.03. The molecule has 2 aromatic heterocycles. The normalized spacial score (nSPS) is 11.5. The van der Waals surface area contributed by atoms with E-state index in [0.29, 0.717) is 6.04 Å². The zero-order valence-corrected chi connectivity index (χ0v) is 11.7. The number of para-hydroxylation sites is 2. The molecule has 0 bridgehead atoms. The lowest BCUT2D eigenvalue weighted by Crippen LogP contribution is -2.21. The van der Waals surface area contributed by atoms with Crippen LogP contribution in [0, 0.1) is 0 Å². The molecule has 1 aromatic carbocycles. The van der Waals surface area contributed by atoms with Crippen molar-refractivity contribution in [2.45, 2.75) is 26.4 Å². The molecule has 5 nitrogen and oxygen atoms in total. The predicted molar refractivity (Wildman–Crippen MR) is 76.5 cm³/mol. The maximum atomic E-state index is 4.36. The van der Waals surface area contributed by atoms with Gasteiger partial charge in [0.2, 0.25) is 5.13 Å². The molecule has 0 spiro atoms. The number of hydrogen-bond donors (Lipinski definition) is 1. The highest BCUT2D eigenvalue weighted by Crippen LogP contribution is 2.20. The summed E-state index contributed by atoms with van der Waals surface area (Å²) in [4.78, 5) is 4.36. The third kappa shape index (κ3) is 2.50. The fourth-order valence-electron chi connectivity index (χ4n) is 1.82. The lowest BCUT2D eigenvalue weighted by atomic mass is 10.3. The first kappa shape index (κ1) is 12.3. The van der Waals surface area contributed by atoms with E-state index in [1.165, 1.54) is 0 Å². The van der Waals surface area contributed by atoms with Gasteiger partial charge in [0, 0.05) is 12.6 Å². The van der Waals surface area contributed by atoms with Gasteiger partial charge in [0.1, 0.15) is 11.3 Å². The highest BCUT2D eigenvalue weighted by atomic mass is 32.1. The van der Waals surface area contributed by atoms with Crippen LogP contribution in [0.1, 0.15) is 18.9 Å². The van der Waals surface area contributed by atoms with Crippen LogP contribution in [0.5, 0.6) is 0 Å². The molecule has 0 aliphatic carbocycles. The van der Waals surface area contributed by atoms with Gasteiger partial charge >= 0.3 is 0 Å². The van der Waals surface area contributed by atoms with Crippen LogP contribution >= 0.6 is 11.3 Å². The summed E-state index contributed by atoms with van der Waals surface area (Å²) in [6.45, 7) is 4.98. The third-order valence-electron chi connectivity index (χ3n) is 2.78. The smallest absolute Gasteiger partial charge is 0.218 e. The Balaban J connectivity index is 1.90. The van der Waals surface area contributed by atoms with E-state index in [2.05, 4.69) is 34.3 Å². The first-order chi connectivity index (χ1) is 9.24. The van der Waals surface area contributed by atoms with Gasteiger partial charge in [-0.1, -0.05) is 37.3 Å². The summed E-state index contributed by atoms with van der Waals surface area (Å²) in [5, 5.41) is 13.6. The van der Waals surface area contributed by atoms with Crippen molar-refractivity contribution in [2.24, 2.45) is 0 Å². The number of nitrogens with one attached hydrogen (secondary N) is 1. The quantitative estimate of drug-likeness (QED) is 0.793. The van der Waals surface area contributed by atoms with Crippen LogP contribution in [-0.4, -0.2) is 25.8 Å². The largest absolute Gasteiger partial charge is 0.308 e. The molecule has 0 aliphatic rings. The Kier molecular flexibility index (Phi) is 3.27. The molecule has 0 fully saturated rings. The Labute approximate surface area is 115 Å². The molecule has 98 valence electrons. The van der Waals surface area contributed by atoms with Crippen molar-refractivity contribution in [3.05, 3.63) is 35.6 Å². The maximum absolute atomic E-state index is 4.36. The van der Waals surface area contributed by atoms with Crippen LogP contribution in [0.25, 0.3) is 16.2 Å². The average molecular weight is 273 g/mol. The van der Waals surface area contributed by atoms with Crippen molar-refractivity contribution >= 4 is 22.4 Å². The fourth-order valence-corrected chi connectivity index (χ4v) is 2.59. The van der Waals surface area contributed by atoms with Crippen molar-refractivity contribution in [3.63, 3.8) is 0 Å². The number of hydrogen-bond acceptors (Lipinski definition) is 5. The molecule has 3 aromatic rings. The van der Waals surface area contributed by atoms with Gasteiger partial charge in [-0.2, -0.15) is 0 Å². The Bertz CT molecular complexity index is 685. The van der Waals surface area contributed by atoms with Gasteiger partial charge in [0.15, 0.2) is 0 Å². The Morgan fingerprint density at radius 1 is 1.26 bits per heavy atom. The number of fused-ring (bicyclic) bond motifs is 1. The summed E-state index contributed by atoms with van der Waals surface area (Å²) in [6, 6.07) is 8.46. The van der Waals surface area contributed by atoms with E-state index < -0.39 is 0 Å². The number of benzene rings is 1. The zero-order chi connectivity index (χ0) is 13.2. The van der Waals surface area contributed by atoms with Gasteiger partial charge in [-0.25, -0.2) is 4.98 Å². The minimum Gasteiger partial charge on any atom is -0.308 e. The predicted octanol–water partition coefficient (Wildman–Crippen LogP) is 2.38. The van der Waals surface area contributed by atoms with Gasteiger partial charge in [0.25, 0.3) is 0 Å². The van der Waals surface area contributed by atoms with E-state index in [4.69, 9.17) is 0 Å². The van der Waals surface area contributed by atoms with E-state index in [9.17, 15) is 0 Å². The van der Waals surface area contributed by atoms with Gasteiger partial charge in [0.05, 0.1) is 11.0 Å². The van der Waals surface area contributed by atoms with Gasteiger partial charge in [-0.15, -0.1) is 10.2 Å². The zero-order valence-electron chi connectivity index (χ0n) is 10.9. The molecule has 1 N–H and O–H groups in total. The summed E-state index contributed by atoms with van der Waals surface area (Å²) in [5.74, 6) is 0. The summed E-state index contributed by atoms with van der Waals surface area (Å²) in [6.07, 6.45) is 1.80. The molecule has 19 heavy (non-hydrogen) atoms. The SMILES string of the molecule is CC(C)NCc1nnc(-n2cnc3ccccc32)s1. The second-order valence-corrected chi connectivity index (χ2v) is 5.66. The Morgan fingerprint density at radius 2 is 2.11 bits per heavy atom. The molecular formula is C13H15N5S. The second kappa shape index (κ2) is 5.07. The van der Waals surface area contributed by atoms with Crippen LogP contribution < -0.4 is 5.32 Å². The first-order valence-electron chi connectivity index (χ1n) is 6.22. The fraction of sp³-hybridized carbons (Fsp3) is 0.308. The van der Waals surface area contributed by atoms with Crippen molar-refractivity contribution in [2.75, 3.05) is 0 Å². The van der Waals surface area contributed by atoms with Crippen LogP contribution in [0.3, 0.4) is 0 Å². The molecule has 0 saturated carbocycles. The number of imidazole rings is 1. The Hall–Kier alpha value is -1.79. The lowest BCUT2D eigenvalue weighted by Gasteiger charge is -2.03. The molecule has 0 unspecified atom stereocenters. The van der Waals surface area contributed by atoms with Crippen molar-refractivity contribution in [3.8, 4) is 5.13 Å². The maximum Gasteiger partial charge on any atom is 0.218 e. The lowest BCUT2D eigenvalue weighted by molar-refractivity contribution is 0.584. The number of aromatic nitrogens is 4.